The van der Waals surface area contributed by atoms with Gasteiger partial charge in [-0.15, -0.1) is 10.2 Å². The standard InChI is InChI=1S/C24H33N7/c1-3-25-24(26-15-14-23-28-27-22-9-5-8-18-31(22)23)29(2)19-20-10-12-21(13-11-20)30-16-6-4-7-17-30/h5,8-13,18H,3-4,6-7,14-17,19H2,1-2H3,(H,25,26). The van der Waals surface area contributed by atoms with Crippen LogP contribution in [0, 0.1) is 0 Å². The molecule has 0 spiro atoms. The van der Waals surface area contributed by atoms with Gasteiger partial charge in [0.1, 0.15) is 5.82 Å². The second-order valence-electron chi connectivity index (χ2n) is 8.10. The topological polar surface area (TPSA) is 61.1 Å². The summed E-state index contributed by atoms with van der Waals surface area (Å²) in [5.41, 5.74) is 3.50. The molecule has 164 valence electrons. The first-order valence-corrected chi connectivity index (χ1v) is 11.4. The smallest absolute Gasteiger partial charge is 0.193 e. The van der Waals surface area contributed by atoms with Gasteiger partial charge in [0.05, 0.1) is 0 Å². The summed E-state index contributed by atoms with van der Waals surface area (Å²) in [5, 5.41) is 11.9. The minimum atomic E-state index is 0.663. The molecule has 1 aliphatic heterocycles. The number of pyridine rings is 1. The number of hydrogen-bond donors (Lipinski definition) is 1. The van der Waals surface area contributed by atoms with Crippen molar-refractivity contribution in [3.63, 3.8) is 0 Å². The Balaban J connectivity index is 1.36. The van der Waals surface area contributed by atoms with Crippen LogP contribution >= 0.6 is 0 Å². The molecular weight excluding hydrogens is 386 g/mol. The number of benzene rings is 1. The van der Waals surface area contributed by atoms with E-state index in [-0.39, 0.29) is 0 Å². The van der Waals surface area contributed by atoms with Gasteiger partial charge >= 0.3 is 0 Å². The summed E-state index contributed by atoms with van der Waals surface area (Å²) in [6.07, 6.45) is 6.71. The van der Waals surface area contributed by atoms with Gasteiger partial charge in [0.25, 0.3) is 0 Å². The van der Waals surface area contributed by atoms with E-state index in [1.54, 1.807) is 0 Å². The molecule has 1 saturated heterocycles. The monoisotopic (exact) mass is 419 g/mol. The number of anilines is 1. The van der Waals surface area contributed by atoms with Gasteiger partial charge < -0.3 is 15.1 Å². The van der Waals surface area contributed by atoms with E-state index in [9.17, 15) is 0 Å². The lowest BCUT2D eigenvalue weighted by molar-refractivity contribution is 0.477. The molecule has 0 bridgehead atoms. The van der Waals surface area contributed by atoms with Crippen molar-refractivity contribution in [1.82, 2.24) is 24.8 Å². The van der Waals surface area contributed by atoms with E-state index in [4.69, 9.17) is 4.99 Å². The molecule has 1 N–H and O–H groups in total. The summed E-state index contributed by atoms with van der Waals surface area (Å²) < 4.78 is 2.02. The Labute approximate surface area is 184 Å². The number of rotatable bonds is 7. The molecule has 0 amide bonds. The third-order valence-corrected chi connectivity index (χ3v) is 5.76. The number of nitrogens with zero attached hydrogens (tertiary/aromatic N) is 6. The third kappa shape index (κ3) is 5.34. The molecule has 3 aromatic rings. The van der Waals surface area contributed by atoms with Crippen molar-refractivity contribution in [1.29, 1.82) is 0 Å². The van der Waals surface area contributed by atoms with Gasteiger partial charge in [-0.1, -0.05) is 18.2 Å². The van der Waals surface area contributed by atoms with Crippen LogP contribution in [0.3, 0.4) is 0 Å². The molecule has 31 heavy (non-hydrogen) atoms. The van der Waals surface area contributed by atoms with Crippen molar-refractivity contribution < 1.29 is 0 Å². The summed E-state index contributed by atoms with van der Waals surface area (Å²) in [6.45, 7) is 6.78. The number of fused-ring (bicyclic) bond motifs is 1. The Hall–Kier alpha value is -3.09. The van der Waals surface area contributed by atoms with Crippen molar-refractivity contribution in [2.45, 2.75) is 39.2 Å². The van der Waals surface area contributed by atoms with Gasteiger partial charge in [-0.25, -0.2) is 0 Å². The van der Waals surface area contributed by atoms with Crippen LogP contribution in [0.1, 0.15) is 37.6 Å². The molecule has 0 aliphatic carbocycles. The van der Waals surface area contributed by atoms with Crippen LogP contribution in [0.15, 0.2) is 53.7 Å². The SMILES string of the molecule is CCNC(=NCCc1nnc2ccccn12)N(C)Cc1ccc(N2CCCCC2)cc1. The van der Waals surface area contributed by atoms with Gasteiger partial charge in [0.15, 0.2) is 11.6 Å². The highest BCUT2D eigenvalue weighted by Crippen LogP contribution is 2.20. The van der Waals surface area contributed by atoms with Crippen molar-refractivity contribution >= 4 is 17.3 Å². The average molecular weight is 420 g/mol. The summed E-state index contributed by atoms with van der Waals surface area (Å²) in [5.74, 6) is 1.85. The highest BCUT2D eigenvalue weighted by Gasteiger charge is 2.12. The molecular formula is C24H33N7. The first-order valence-electron chi connectivity index (χ1n) is 11.4. The molecule has 4 rings (SSSR count). The molecule has 7 nitrogen and oxygen atoms in total. The maximum absolute atomic E-state index is 4.82. The van der Waals surface area contributed by atoms with Gasteiger partial charge in [-0.2, -0.15) is 0 Å². The molecule has 0 radical (unpaired) electrons. The van der Waals surface area contributed by atoms with E-state index in [0.29, 0.717) is 6.54 Å². The van der Waals surface area contributed by atoms with E-state index in [1.807, 2.05) is 28.8 Å². The van der Waals surface area contributed by atoms with Crippen molar-refractivity contribution in [2.24, 2.45) is 4.99 Å². The van der Waals surface area contributed by atoms with Crippen molar-refractivity contribution in [3.05, 3.63) is 60.0 Å². The summed E-state index contributed by atoms with van der Waals surface area (Å²) in [6, 6.07) is 14.9. The van der Waals surface area contributed by atoms with Crippen molar-refractivity contribution in [3.8, 4) is 0 Å². The maximum atomic E-state index is 4.82. The van der Waals surface area contributed by atoms with E-state index >= 15 is 0 Å². The molecule has 1 aliphatic rings. The van der Waals surface area contributed by atoms with Gasteiger partial charge in [0, 0.05) is 58.1 Å². The van der Waals surface area contributed by atoms with Crippen LogP contribution < -0.4 is 10.2 Å². The summed E-state index contributed by atoms with van der Waals surface area (Å²) >= 11 is 0. The second kappa shape index (κ2) is 10.3. The lowest BCUT2D eigenvalue weighted by atomic mass is 10.1. The highest BCUT2D eigenvalue weighted by molar-refractivity contribution is 5.79. The normalized spacial score (nSPS) is 14.8. The summed E-state index contributed by atoms with van der Waals surface area (Å²) in [7, 11) is 2.09. The molecule has 1 fully saturated rings. The van der Waals surface area contributed by atoms with Crippen LogP contribution in [0.25, 0.3) is 5.65 Å². The minimum absolute atomic E-state index is 0.663. The molecule has 0 saturated carbocycles. The predicted molar refractivity (Wildman–Crippen MR) is 127 cm³/mol. The molecule has 2 aromatic heterocycles. The minimum Gasteiger partial charge on any atom is -0.372 e. The average Bonchev–Trinajstić information content (AvgIpc) is 3.23. The first kappa shape index (κ1) is 21.2. The molecule has 0 unspecified atom stereocenters. The molecule has 3 heterocycles. The Morgan fingerprint density at radius 2 is 1.87 bits per heavy atom. The largest absolute Gasteiger partial charge is 0.372 e. The third-order valence-electron chi connectivity index (χ3n) is 5.76. The zero-order valence-electron chi connectivity index (χ0n) is 18.7. The maximum Gasteiger partial charge on any atom is 0.193 e. The zero-order valence-corrected chi connectivity index (χ0v) is 18.7. The number of guanidine groups is 1. The van der Waals surface area contributed by atoms with E-state index in [0.717, 1.165) is 36.9 Å². The Morgan fingerprint density at radius 3 is 2.65 bits per heavy atom. The van der Waals surface area contributed by atoms with Gasteiger partial charge in [0.2, 0.25) is 0 Å². The zero-order chi connectivity index (χ0) is 21.5. The molecule has 0 atom stereocenters. The Kier molecular flexibility index (Phi) is 7.02. The number of aromatic nitrogens is 3. The Morgan fingerprint density at radius 1 is 1.06 bits per heavy atom. The fourth-order valence-corrected chi connectivity index (χ4v) is 4.11. The second-order valence-corrected chi connectivity index (χ2v) is 8.10. The van der Waals surface area contributed by atoms with Crippen LogP contribution in [-0.2, 0) is 13.0 Å². The van der Waals surface area contributed by atoms with Crippen LogP contribution in [-0.4, -0.2) is 58.7 Å². The number of piperidine rings is 1. The number of hydrogen-bond acceptors (Lipinski definition) is 4. The Bertz CT molecular complexity index is 987. The highest BCUT2D eigenvalue weighted by atomic mass is 15.3. The van der Waals surface area contributed by atoms with Crippen molar-refractivity contribution in [2.75, 3.05) is 38.1 Å². The number of aliphatic imine (C=N–C) groups is 1. The predicted octanol–water partition coefficient (Wildman–Crippen LogP) is 3.36. The van der Waals surface area contributed by atoms with E-state index < -0.39 is 0 Å². The molecule has 7 heteroatoms. The number of nitrogens with one attached hydrogen (secondary N) is 1. The van der Waals surface area contributed by atoms with Crippen LogP contribution in [0.2, 0.25) is 0 Å². The van der Waals surface area contributed by atoms with Crippen LogP contribution in [0.5, 0.6) is 0 Å². The molecule has 1 aromatic carbocycles. The fourth-order valence-electron chi connectivity index (χ4n) is 4.11. The van der Waals surface area contributed by atoms with Gasteiger partial charge in [-0.05, 0) is 56.0 Å². The fraction of sp³-hybridized carbons (Fsp3) is 0.458. The quantitative estimate of drug-likeness (QED) is 0.470. The van der Waals surface area contributed by atoms with E-state index in [2.05, 4.69) is 63.6 Å². The lowest BCUT2D eigenvalue weighted by Crippen LogP contribution is -2.38. The van der Waals surface area contributed by atoms with E-state index in [1.165, 1.54) is 43.6 Å². The van der Waals surface area contributed by atoms with Gasteiger partial charge in [-0.3, -0.25) is 9.39 Å². The summed E-state index contributed by atoms with van der Waals surface area (Å²) in [4.78, 5) is 9.50. The lowest BCUT2D eigenvalue weighted by Gasteiger charge is -2.29. The first-order chi connectivity index (χ1) is 15.2. The van der Waals surface area contributed by atoms with Crippen LogP contribution in [0.4, 0.5) is 5.69 Å².